The number of aryl methyl sites for hydroxylation is 1. The van der Waals surface area contributed by atoms with Crippen molar-refractivity contribution in [1.82, 2.24) is 18.7 Å². The molecule has 0 aliphatic carbocycles. The van der Waals surface area contributed by atoms with Crippen molar-refractivity contribution >= 4 is 16.1 Å². The van der Waals surface area contributed by atoms with Crippen LogP contribution in [0.2, 0.25) is 0 Å². The first kappa shape index (κ1) is 21.3. The normalized spacial score (nSPS) is 17.3. The van der Waals surface area contributed by atoms with E-state index in [1.54, 1.807) is 12.1 Å². The number of benzene rings is 1. The Labute approximate surface area is 166 Å². The number of piperidine rings is 1. The summed E-state index contributed by atoms with van der Waals surface area (Å²) in [6, 6.07) is 6.77. The topological polar surface area (TPSA) is 77.2 Å². The Kier molecular flexibility index (Phi) is 5.72. The highest BCUT2D eigenvalue weighted by Gasteiger charge is 2.39. The second-order valence-corrected chi connectivity index (χ2v) is 8.81. The van der Waals surface area contributed by atoms with Gasteiger partial charge in [0.2, 0.25) is 15.8 Å². The Balaban J connectivity index is 1.70. The van der Waals surface area contributed by atoms with Crippen LogP contribution in [0.15, 0.2) is 34.5 Å². The maximum atomic E-state index is 12.9. The summed E-state index contributed by atoms with van der Waals surface area (Å²) in [4.78, 5) is 12.1. The highest BCUT2D eigenvalue weighted by atomic mass is 32.2. The van der Waals surface area contributed by atoms with Gasteiger partial charge in [0.15, 0.2) is 0 Å². The van der Waals surface area contributed by atoms with Gasteiger partial charge in [-0.1, -0.05) is 29.8 Å². The summed E-state index contributed by atoms with van der Waals surface area (Å²) < 4.78 is 66.4. The van der Waals surface area contributed by atoms with E-state index >= 15 is 0 Å². The summed E-state index contributed by atoms with van der Waals surface area (Å²) in [5, 5.41) is 4.55. The third-order valence-corrected chi connectivity index (χ3v) is 6.46. The molecule has 2 aromatic rings. The van der Waals surface area contributed by atoms with E-state index in [0.717, 1.165) is 28.3 Å². The van der Waals surface area contributed by atoms with E-state index in [0.29, 0.717) is 4.57 Å². The fourth-order valence-electron chi connectivity index (χ4n) is 3.21. The van der Waals surface area contributed by atoms with Crippen molar-refractivity contribution in [3.8, 4) is 0 Å². The first-order chi connectivity index (χ1) is 13.5. The molecule has 3 rings (SSSR count). The number of alkyl halides is 3. The SMILES string of the molecule is Cc1ccc(C=CS(=O)(=O)N2CCC(n3nc(C(F)(F)F)n(C)c3=O)CC2)cc1. The summed E-state index contributed by atoms with van der Waals surface area (Å²) in [7, 11) is -2.66. The van der Waals surface area contributed by atoms with Gasteiger partial charge in [-0.2, -0.15) is 17.5 Å². The lowest BCUT2D eigenvalue weighted by molar-refractivity contribution is -0.147. The molecule has 0 atom stereocenters. The molecule has 1 saturated heterocycles. The molecule has 29 heavy (non-hydrogen) atoms. The highest BCUT2D eigenvalue weighted by Crippen LogP contribution is 2.28. The average molecular weight is 430 g/mol. The predicted molar refractivity (Wildman–Crippen MR) is 101 cm³/mol. The van der Waals surface area contributed by atoms with Gasteiger partial charge in [0.1, 0.15) is 0 Å². The van der Waals surface area contributed by atoms with Crippen LogP contribution in [-0.4, -0.2) is 40.2 Å². The third kappa shape index (κ3) is 4.61. The summed E-state index contributed by atoms with van der Waals surface area (Å²) in [5.41, 5.74) is 0.942. The molecule has 0 amide bonds. The van der Waals surface area contributed by atoms with E-state index in [1.165, 1.54) is 10.4 Å². The van der Waals surface area contributed by atoms with Gasteiger partial charge in [-0.05, 0) is 31.4 Å². The molecule has 1 aliphatic heterocycles. The molecule has 0 spiro atoms. The maximum Gasteiger partial charge on any atom is 0.451 e. The number of hydrogen-bond acceptors (Lipinski definition) is 4. The molecule has 7 nitrogen and oxygen atoms in total. The highest BCUT2D eigenvalue weighted by molar-refractivity contribution is 7.92. The van der Waals surface area contributed by atoms with E-state index < -0.39 is 33.8 Å². The Morgan fingerprint density at radius 1 is 1.14 bits per heavy atom. The largest absolute Gasteiger partial charge is 0.451 e. The first-order valence-corrected chi connectivity index (χ1v) is 10.5. The molecule has 1 aromatic carbocycles. The molecule has 0 N–H and O–H groups in total. The van der Waals surface area contributed by atoms with Gasteiger partial charge in [0.05, 0.1) is 6.04 Å². The van der Waals surface area contributed by atoms with Crippen molar-refractivity contribution < 1.29 is 21.6 Å². The van der Waals surface area contributed by atoms with Crippen LogP contribution >= 0.6 is 0 Å². The van der Waals surface area contributed by atoms with Crippen LogP contribution in [0.25, 0.3) is 6.08 Å². The number of sulfonamides is 1. The second kappa shape index (κ2) is 7.79. The van der Waals surface area contributed by atoms with Crippen molar-refractivity contribution in [1.29, 1.82) is 0 Å². The Hall–Kier alpha value is -2.40. The molecule has 2 heterocycles. The lowest BCUT2D eigenvalue weighted by atomic mass is 10.1. The molecule has 11 heteroatoms. The molecule has 0 saturated carbocycles. The van der Waals surface area contributed by atoms with E-state index in [2.05, 4.69) is 5.10 Å². The zero-order chi connectivity index (χ0) is 21.4. The average Bonchev–Trinajstić information content (AvgIpc) is 2.97. The standard InChI is InChI=1S/C18H21F3N4O3S/c1-13-3-5-14(6-4-13)9-12-29(27,28)24-10-7-15(8-11-24)25-17(26)23(2)16(22-25)18(19,20)21/h3-6,9,12,15H,7-8,10-11H2,1-2H3. The van der Waals surface area contributed by atoms with Crippen LogP contribution in [0, 0.1) is 6.92 Å². The van der Waals surface area contributed by atoms with Gasteiger partial charge < -0.3 is 0 Å². The number of nitrogens with zero attached hydrogens (tertiary/aromatic N) is 4. The monoisotopic (exact) mass is 430 g/mol. The zero-order valence-electron chi connectivity index (χ0n) is 15.9. The minimum absolute atomic E-state index is 0.0929. The van der Waals surface area contributed by atoms with Gasteiger partial charge in [-0.3, -0.25) is 4.57 Å². The van der Waals surface area contributed by atoms with E-state index in [4.69, 9.17) is 0 Å². The van der Waals surface area contributed by atoms with Crippen LogP contribution in [0.3, 0.4) is 0 Å². The summed E-state index contributed by atoms with van der Waals surface area (Å²) in [6.45, 7) is 2.12. The summed E-state index contributed by atoms with van der Waals surface area (Å²) in [6.07, 6.45) is -2.83. The molecule has 1 aromatic heterocycles. The van der Waals surface area contributed by atoms with Crippen molar-refractivity contribution in [2.24, 2.45) is 7.05 Å². The minimum Gasteiger partial charge on any atom is -0.274 e. The molecule has 1 fully saturated rings. The van der Waals surface area contributed by atoms with Crippen LogP contribution in [0.1, 0.15) is 35.8 Å². The first-order valence-electron chi connectivity index (χ1n) is 8.96. The third-order valence-electron chi connectivity index (χ3n) is 4.90. The quantitative estimate of drug-likeness (QED) is 0.747. The number of aromatic nitrogens is 3. The fraction of sp³-hybridized carbons (Fsp3) is 0.444. The van der Waals surface area contributed by atoms with Gasteiger partial charge >= 0.3 is 11.9 Å². The maximum absolute atomic E-state index is 12.9. The van der Waals surface area contributed by atoms with Crippen LogP contribution in [-0.2, 0) is 23.2 Å². The van der Waals surface area contributed by atoms with Crippen molar-refractivity contribution in [2.75, 3.05) is 13.1 Å². The predicted octanol–water partition coefficient (Wildman–Crippen LogP) is 2.55. The van der Waals surface area contributed by atoms with Gasteiger partial charge in [-0.25, -0.2) is 17.9 Å². The van der Waals surface area contributed by atoms with E-state index in [-0.39, 0.29) is 25.9 Å². The summed E-state index contributed by atoms with van der Waals surface area (Å²) in [5.74, 6) is -1.27. The number of hydrogen-bond donors (Lipinski definition) is 0. The molecular formula is C18H21F3N4O3S. The lowest BCUT2D eigenvalue weighted by Crippen LogP contribution is -2.40. The van der Waals surface area contributed by atoms with E-state index in [9.17, 15) is 26.4 Å². The Bertz CT molecular complexity index is 1060. The van der Waals surface area contributed by atoms with Crippen LogP contribution < -0.4 is 5.69 Å². The Morgan fingerprint density at radius 2 is 1.72 bits per heavy atom. The van der Waals surface area contributed by atoms with Crippen molar-refractivity contribution in [3.05, 3.63) is 57.1 Å². The Morgan fingerprint density at radius 3 is 2.24 bits per heavy atom. The smallest absolute Gasteiger partial charge is 0.274 e. The molecular weight excluding hydrogens is 409 g/mol. The number of rotatable bonds is 4. The second-order valence-electron chi connectivity index (χ2n) is 7.00. The molecule has 0 unspecified atom stereocenters. The molecule has 0 bridgehead atoms. The molecule has 0 radical (unpaired) electrons. The van der Waals surface area contributed by atoms with Crippen molar-refractivity contribution in [2.45, 2.75) is 32.0 Å². The van der Waals surface area contributed by atoms with Crippen LogP contribution in [0.5, 0.6) is 0 Å². The molecule has 1 aliphatic rings. The van der Waals surface area contributed by atoms with E-state index in [1.807, 2.05) is 19.1 Å². The van der Waals surface area contributed by atoms with Crippen molar-refractivity contribution in [3.63, 3.8) is 0 Å². The summed E-state index contributed by atoms with van der Waals surface area (Å²) >= 11 is 0. The van der Waals surface area contributed by atoms with Gasteiger partial charge in [0.25, 0.3) is 0 Å². The number of halogens is 3. The zero-order valence-corrected chi connectivity index (χ0v) is 16.7. The minimum atomic E-state index is -4.73. The van der Waals surface area contributed by atoms with Gasteiger partial charge in [-0.15, -0.1) is 5.10 Å². The lowest BCUT2D eigenvalue weighted by Gasteiger charge is -2.29. The molecule has 158 valence electrons. The fourth-order valence-corrected chi connectivity index (χ4v) is 4.43. The van der Waals surface area contributed by atoms with Gasteiger partial charge in [0, 0.05) is 25.5 Å². The van der Waals surface area contributed by atoms with Crippen LogP contribution in [0.4, 0.5) is 13.2 Å².